The van der Waals surface area contributed by atoms with Crippen LogP contribution in [0.2, 0.25) is 4.31 Å². The van der Waals surface area contributed by atoms with Crippen LogP contribution < -0.4 is 4.46 Å². The molecule has 1 atom stereocenters. The molecule has 1 spiro atoms. The monoisotopic (exact) mass is 384 g/mol. The van der Waals surface area contributed by atoms with Crippen LogP contribution in [-0.4, -0.2) is 52.3 Å². The van der Waals surface area contributed by atoms with Crippen LogP contribution in [0, 0.1) is 0 Å². The molecule has 23 heavy (non-hydrogen) atoms. The van der Waals surface area contributed by atoms with Crippen LogP contribution >= 0.6 is 0 Å². The molecule has 1 aromatic rings. The Kier molecular flexibility index (Phi) is 4.87. The van der Waals surface area contributed by atoms with Crippen LogP contribution in [0.25, 0.3) is 0 Å². The minimum absolute atomic E-state index is 0.0514. The van der Waals surface area contributed by atoms with Gasteiger partial charge in [0.25, 0.3) is 0 Å². The number of Topliss-reactive ketones (excluding diaryl/α,β-unsaturated/α-hetero) is 1. The van der Waals surface area contributed by atoms with E-state index in [2.05, 4.69) is 0 Å². The van der Waals surface area contributed by atoms with E-state index in [1.54, 1.807) is 6.92 Å². The number of esters is 1. The van der Waals surface area contributed by atoms with Gasteiger partial charge in [0.15, 0.2) is 0 Å². The van der Waals surface area contributed by atoms with Crippen molar-refractivity contribution in [3.63, 3.8) is 0 Å². The molecule has 0 radical (unpaired) electrons. The zero-order valence-corrected chi connectivity index (χ0v) is 14.8. The molecule has 1 unspecified atom stereocenters. The second kappa shape index (κ2) is 6.73. The molecule has 6 heteroatoms. The topological polar surface area (TPSA) is 61.8 Å². The maximum absolute atomic E-state index is 12.8. The van der Waals surface area contributed by atoms with Crippen LogP contribution in [0.5, 0.6) is 0 Å². The summed E-state index contributed by atoms with van der Waals surface area (Å²) in [5, 5.41) is 0. The zero-order chi connectivity index (χ0) is 16.3. The van der Waals surface area contributed by atoms with Gasteiger partial charge in [-0.1, -0.05) is 0 Å². The molecule has 0 aromatic heterocycles. The molecule has 1 aliphatic heterocycles. The number of ketones is 1. The number of hydrogen-bond acceptors (Lipinski definition) is 5. The molecule has 1 heterocycles. The SMILES string of the molecule is CCOC(=O)C1([Se]c2ccccc2)CC2(CCC1=O)OCCO2. The summed E-state index contributed by atoms with van der Waals surface area (Å²) >= 11 is -0.375. The Balaban J connectivity index is 1.95. The molecule has 2 fully saturated rings. The molecule has 5 nitrogen and oxygen atoms in total. The molecule has 1 saturated carbocycles. The number of ether oxygens (including phenoxy) is 3. The van der Waals surface area contributed by atoms with Crippen LogP contribution in [0.15, 0.2) is 30.3 Å². The predicted octanol–water partition coefficient (Wildman–Crippen LogP) is 1.23. The third kappa shape index (κ3) is 3.22. The molecular formula is C17H20O5Se. The van der Waals surface area contributed by atoms with Crippen LogP contribution in [0.1, 0.15) is 26.2 Å². The normalized spacial score (nSPS) is 26.4. The maximum atomic E-state index is 12.8. The first-order valence-electron chi connectivity index (χ1n) is 7.83. The summed E-state index contributed by atoms with van der Waals surface area (Å²) in [6.45, 7) is 3.02. The Hall–Kier alpha value is -1.20. The Morgan fingerprint density at radius 3 is 2.61 bits per heavy atom. The Labute approximate surface area is 141 Å². The Morgan fingerprint density at radius 1 is 1.26 bits per heavy atom. The van der Waals surface area contributed by atoms with E-state index in [0.717, 1.165) is 4.46 Å². The summed E-state index contributed by atoms with van der Waals surface area (Å²) in [4.78, 5) is 25.5. The van der Waals surface area contributed by atoms with E-state index in [4.69, 9.17) is 14.2 Å². The van der Waals surface area contributed by atoms with Crippen LogP contribution in [0.4, 0.5) is 0 Å². The van der Waals surface area contributed by atoms with E-state index in [1.807, 2.05) is 30.3 Å². The van der Waals surface area contributed by atoms with E-state index < -0.39 is 16.1 Å². The molecule has 0 amide bonds. The van der Waals surface area contributed by atoms with E-state index >= 15 is 0 Å². The van der Waals surface area contributed by atoms with Crippen molar-refractivity contribution in [1.82, 2.24) is 0 Å². The van der Waals surface area contributed by atoms with Crippen molar-refractivity contribution in [2.75, 3.05) is 19.8 Å². The average Bonchev–Trinajstić information content (AvgIpc) is 3.00. The van der Waals surface area contributed by atoms with E-state index in [9.17, 15) is 9.59 Å². The van der Waals surface area contributed by atoms with Crippen molar-refractivity contribution in [2.45, 2.75) is 36.3 Å². The molecule has 3 rings (SSSR count). The van der Waals surface area contributed by atoms with Crippen LogP contribution in [-0.2, 0) is 23.8 Å². The van der Waals surface area contributed by atoms with Gasteiger partial charge in [0, 0.05) is 0 Å². The average molecular weight is 383 g/mol. The standard InChI is InChI=1S/C17H20O5Se/c1-2-20-15(19)17(23-13-6-4-3-5-7-13)12-16(9-8-14(17)18)21-10-11-22-16/h3-7H,2,8-12H2,1H3. The summed E-state index contributed by atoms with van der Waals surface area (Å²) in [6.07, 6.45) is 1.05. The summed E-state index contributed by atoms with van der Waals surface area (Å²) in [7, 11) is 0. The molecule has 1 aliphatic carbocycles. The molecular weight excluding hydrogens is 363 g/mol. The predicted molar refractivity (Wildman–Crippen MR) is 84.6 cm³/mol. The van der Waals surface area contributed by atoms with Crippen molar-refractivity contribution in [2.24, 2.45) is 0 Å². The number of carbonyl (C=O) groups excluding carboxylic acids is 2. The Morgan fingerprint density at radius 2 is 1.96 bits per heavy atom. The third-order valence-electron chi connectivity index (χ3n) is 4.16. The zero-order valence-electron chi connectivity index (χ0n) is 13.1. The molecule has 0 bridgehead atoms. The molecule has 1 aromatic carbocycles. The second-order valence-corrected chi connectivity index (χ2v) is 8.55. The number of rotatable bonds is 4. The van der Waals surface area contributed by atoms with Gasteiger partial charge in [0.2, 0.25) is 0 Å². The fraction of sp³-hybridized carbons (Fsp3) is 0.529. The molecule has 1 saturated heterocycles. The fourth-order valence-corrected chi connectivity index (χ4v) is 5.90. The van der Waals surface area contributed by atoms with Gasteiger partial charge in [-0.3, -0.25) is 0 Å². The minimum atomic E-state index is -1.16. The van der Waals surface area contributed by atoms with Gasteiger partial charge >= 0.3 is 141 Å². The number of carbonyl (C=O) groups is 2. The van der Waals surface area contributed by atoms with E-state index in [-0.39, 0.29) is 40.2 Å². The van der Waals surface area contributed by atoms with Crippen molar-refractivity contribution in [1.29, 1.82) is 0 Å². The molecule has 2 aliphatic rings. The van der Waals surface area contributed by atoms with E-state index in [1.165, 1.54) is 0 Å². The first kappa shape index (κ1) is 16.7. The van der Waals surface area contributed by atoms with Crippen molar-refractivity contribution in [3.05, 3.63) is 30.3 Å². The van der Waals surface area contributed by atoms with Gasteiger partial charge in [-0.2, -0.15) is 0 Å². The summed E-state index contributed by atoms with van der Waals surface area (Å²) in [6, 6.07) is 9.66. The quantitative estimate of drug-likeness (QED) is 0.445. The van der Waals surface area contributed by atoms with Crippen molar-refractivity contribution in [3.8, 4) is 0 Å². The van der Waals surface area contributed by atoms with E-state index in [0.29, 0.717) is 19.6 Å². The van der Waals surface area contributed by atoms with Gasteiger partial charge in [0.05, 0.1) is 0 Å². The van der Waals surface area contributed by atoms with Crippen molar-refractivity contribution >= 4 is 31.2 Å². The van der Waals surface area contributed by atoms with Gasteiger partial charge in [-0.25, -0.2) is 0 Å². The third-order valence-corrected chi connectivity index (χ3v) is 7.08. The first-order chi connectivity index (χ1) is 11.1. The first-order valence-corrected chi connectivity index (χ1v) is 9.54. The second-order valence-electron chi connectivity index (χ2n) is 5.67. The fourth-order valence-electron chi connectivity index (χ4n) is 3.07. The van der Waals surface area contributed by atoms with Crippen LogP contribution in [0.3, 0.4) is 0 Å². The summed E-state index contributed by atoms with van der Waals surface area (Å²) < 4.78 is 16.7. The number of hydrogen-bond donors (Lipinski definition) is 0. The summed E-state index contributed by atoms with van der Waals surface area (Å²) in [5.41, 5.74) is 0. The van der Waals surface area contributed by atoms with Gasteiger partial charge < -0.3 is 0 Å². The Bertz CT molecular complexity index is 582. The summed E-state index contributed by atoms with van der Waals surface area (Å²) in [5.74, 6) is -1.30. The number of benzene rings is 1. The van der Waals surface area contributed by atoms with Gasteiger partial charge in [0.1, 0.15) is 0 Å². The van der Waals surface area contributed by atoms with Crippen molar-refractivity contribution < 1.29 is 23.8 Å². The van der Waals surface area contributed by atoms with Gasteiger partial charge in [-0.05, 0) is 0 Å². The molecule has 0 N–H and O–H groups in total. The molecule has 124 valence electrons. The van der Waals surface area contributed by atoms with Gasteiger partial charge in [-0.15, -0.1) is 0 Å².